The van der Waals surface area contributed by atoms with E-state index in [1.54, 1.807) is 12.1 Å². The van der Waals surface area contributed by atoms with Crippen molar-refractivity contribution in [1.82, 2.24) is 10.2 Å². The molecule has 1 aliphatic rings. The summed E-state index contributed by atoms with van der Waals surface area (Å²) in [5.74, 6) is 0. The number of nitro groups is 1. The van der Waals surface area contributed by atoms with Crippen molar-refractivity contribution in [2.75, 3.05) is 26.2 Å². The summed E-state index contributed by atoms with van der Waals surface area (Å²) in [6.07, 6.45) is 0.696. The summed E-state index contributed by atoms with van der Waals surface area (Å²) in [6.45, 7) is 9.42. The minimum Gasteiger partial charge on any atom is -0.314 e. The lowest BCUT2D eigenvalue weighted by atomic mass is 9.96. The van der Waals surface area contributed by atoms with Gasteiger partial charge >= 0.3 is 0 Å². The number of nitrogens with zero attached hydrogens (tertiary/aromatic N) is 2. The van der Waals surface area contributed by atoms with E-state index in [9.17, 15) is 10.1 Å². The summed E-state index contributed by atoms with van der Waals surface area (Å²) in [5, 5.41) is 15.1. The molecule has 0 unspecified atom stereocenters. The van der Waals surface area contributed by atoms with Crippen LogP contribution in [-0.4, -0.2) is 36.0 Å². The van der Waals surface area contributed by atoms with Crippen molar-refractivity contribution in [2.24, 2.45) is 0 Å². The highest BCUT2D eigenvalue weighted by atomic mass is 35.5. The molecular formula is C15H22Cl3N3O2. The highest BCUT2D eigenvalue weighted by molar-refractivity contribution is 6.30. The smallest absolute Gasteiger partial charge is 0.274 e. The third kappa shape index (κ3) is 5.94. The monoisotopic (exact) mass is 381 g/mol. The average Bonchev–Trinajstić information content (AvgIpc) is 2.45. The van der Waals surface area contributed by atoms with Crippen molar-refractivity contribution >= 4 is 42.1 Å². The van der Waals surface area contributed by atoms with Gasteiger partial charge in [-0.3, -0.25) is 15.0 Å². The minimum absolute atomic E-state index is 0. The van der Waals surface area contributed by atoms with Gasteiger partial charge in [0.25, 0.3) is 5.69 Å². The summed E-state index contributed by atoms with van der Waals surface area (Å²) < 4.78 is 0. The van der Waals surface area contributed by atoms with Crippen LogP contribution in [0.15, 0.2) is 30.4 Å². The molecule has 1 aliphatic heterocycles. The molecule has 1 heterocycles. The normalized spacial score (nSPS) is 15.9. The molecule has 2 rings (SSSR count). The first kappa shape index (κ1) is 22.1. The van der Waals surface area contributed by atoms with Gasteiger partial charge < -0.3 is 5.32 Å². The standard InChI is InChI=1S/C15H20ClN3O2.2ClH/c1-11(2)9-15(18-7-5-17-6-8-18)13-10-12(16)3-4-14(13)19(20)21;;/h3-4,10,15,17H,1,5-9H2,2H3;2*1H/t15-;;/m1../s1. The van der Waals surface area contributed by atoms with E-state index < -0.39 is 0 Å². The van der Waals surface area contributed by atoms with Crippen molar-refractivity contribution in [3.05, 3.63) is 51.1 Å². The molecule has 0 radical (unpaired) electrons. The van der Waals surface area contributed by atoms with E-state index in [2.05, 4.69) is 16.8 Å². The quantitative estimate of drug-likeness (QED) is 0.475. The van der Waals surface area contributed by atoms with E-state index in [4.69, 9.17) is 11.6 Å². The second kappa shape index (κ2) is 10.1. The van der Waals surface area contributed by atoms with Crippen LogP contribution in [0.5, 0.6) is 0 Å². The number of rotatable bonds is 5. The molecule has 5 nitrogen and oxygen atoms in total. The summed E-state index contributed by atoms with van der Waals surface area (Å²) in [7, 11) is 0. The molecule has 0 aromatic heterocycles. The topological polar surface area (TPSA) is 58.4 Å². The van der Waals surface area contributed by atoms with Crippen LogP contribution in [0, 0.1) is 10.1 Å². The maximum Gasteiger partial charge on any atom is 0.274 e. The molecule has 0 spiro atoms. The van der Waals surface area contributed by atoms with Crippen LogP contribution in [-0.2, 0) is 0 Å². The number of piperazine rings is 1. The van der Waals surface area contributed by atoms with Gasteiger partial charge in [0.05, 0.1) is 4.92 Å². The molecule has 8 heteroatoms. The third-order valence-electron chi connectivity index (χ3n) is 3.68. The van der Waals surface area contributed by atoms with Gasteiger partial charge in [0.1, 0.15) is 0 Å². The van der Waals surface area contributed by atoms with E-state index in [-0.39, 0.29) is 41.5 Å². The number of nitro benzene ring substituents is 1. The Hall–Kier alpha value is -0.850. The fourth-order valence-corrected chi connectivity index (χ4v) is 2.90. The average molecular weight is 383 g/mol. The Kier molecular flexibility index (Phi) is 9.73. The van der Waals surface area contributed by atoms with Gasteiger partial charge in [0.15, 0.2) is 0 Å². The Bertz CT molecular complexity index is 549. The number of nitrogens with one attached hydrogen (secondary N) is 1. The van der Waals surface area contributed by atoms with Crippen LogP contribution in [0.2, 0.25) is 5.02 Å². The number of hydrogen-bond acceptors (Lipinski definition) is 4. The number of benzene rings is 1. The highest BCUT2D eigenvalue weighted by Gasteiger charge is 2.28. The van der Waals surface area contributed by atoms with Crippen molar-refractivity contribution in [1.29, 1.82) is 0 Å². The summed E-state index contributed by atoms with van der Waals surface area (Å²) in [4.78, 5) is 13.2. The fraction of sp³-hybridized carbons (Fsp3) is 0.467. The fourth-order valence-electron chi connectivity index (χ4n) is 2.72. The first-order valence-corrected chi connectivity index (χ1v) is 7.40. The molecule has 1 N–H and O–H groups in total. The molecule has 0 saturated carbocycles. The van der Waals surface area contributed by atoms with Crippen LogP contribution >= 0.6 is 36.4 Å². The zero-order chi connectivity index (χ0) is 15.4. The molecule has 0 amide bonds. The van der Waals surface area contributed by atoms with Gasteiger partial charge in [0.2, 0.25) is 0 Å². The van der Waals surface area contributed by atoms with E-state index in [1.165, 1.54) is 6.07 Å². The molecular weight excluding hydrogens is 361 g/mol. The molecule has 1 aromatic carbocycles. The van der Waals surface area contributed by atoms with Gasteiger partial charge in [-0.2, -0.15) is 0 Å². The van der Waals surface area contributed by atoms with E-state index in [0.717, 1.165) is 31.8 Å². The SMILES string of the molecule is C=C(C)C[C@H](c1cc(Cl)ccc1[N+](=O)[O-])N1CCNCC1.Cl.Cl. The lowest BCUT2D eigenvalue weighted by Crippen LogP contribution is -2.45. The predicted octanol–water partition coefficient (Wildman–Crippen LogP) is 4.00. The Morgan fingerprint density at radius 3 is 2.57 bits per heavy atom. The summed E-state index contributed by atoms with van der Waals surface area (Å²) in [5.41, 5.74) is 1.81. The van der Waals surface area contributed by atoms with Crippen LogP contribution in [0.3, 0.4) is 0 Å². The van der Waals surface area contributed by atoms with Crippen LogP contribution in [0.4, 0.5) is 5.69 Å². The van der Waals surface area contributed by atoms with Gasteiger partial charge in [-0.15, -0.1) is 31.4 Å². The van der Waals surface area contributed by atoms with Crippen LogP contribution < -0.4 is 5.32 Å². The van der Waals surface area contributed by atoms with Crippen molar-refractivity contribution in [3.8, 4) is 0 Å². The summed E-state index contributed by atoms with van der Waals surface area (Å²) in [6, 6.07) is 4.73. The third-order valence-corrected chi connectivity index (χ3v) is 3.91. The number of hydrogen-bond donors (Lipinski definition) is 1. The largest absolute Gasteiger partial charge is 0.314 e. The van der Waals surface area contributed by atoms with Crippen molar-refractivity contribution in [3.63, 3.8) is 0 Å². The van der Waals surface area contributed by atoms with E-state index in [1.807, 2.05) is 6.92 Å². The molecule has 1 fully saturated rings. The Balaban J connectivity index is 0.00000242. The molecule has 23 heavy (non-hydrogen) atoms. The second-order valence-electron chi connectivity index (χ2n) is 5.42. The summed E-state index contributed by atoms with van der Waals surface area (Å²) >= 11 is 6.07. The lowest BCUT2D eigenvalue weighted by molar-refractivity contribution is -0.386. The Labute approximate surface area is 154 Å². The van der Waals surface area contributed by atoms with Crippen LogP contribution in [0.1, 0.15) is 24.9 Å². The molecule has 130 valence electrons. The second-order valence-corrected chi connectivity index (χ2v) is 5.86. The highest BCUT2D eigenvalue weighted by Crippen LogP contribution is 2.35. The maximum atomic E-state index is 11.3. The molecule has 1 saturated heterocycles. The zero-order valence-corrected chi connectivity index (χ0v) is 15.3. The molecule has 0 aliphatic carbocycles. The zero-order valence-electron chi connectivity index (χ0n) is 13.0. The van der Waals surface area contributed by atoms with E-state index in [0.29, 0.717) is 17.0 Å². The first-order valence-electron chi connectivity index (χ1n) is 7.02. The van der Waals surface area contributed by atoms with Crippen LogP contribution in [0.25, 0.3) is 0 Å². The first-order chi connectivity index (χ1) is 9.99. The van der Waals surface area contributed by atoms with Gasteiger partial charge in [-0.25, -0.2) is 0 Å². The van der Waals surface area contributed by atoms with Gasteiger partial charge in [0, 0.05) is 48.9 Å². The maximum absolute atomic E-state index is 11.3. The number of halogens is 3. The molecule has 1 aromatic rings. The lowest BCUT2D eigenvalue weighted by Gasteiger charge is -2.35. The van der Waals surface area contributed by atoms with Crippen molar-refractivity contribution < 1.29 is 4.92 Å². The minimum atomic E-state index is -0.334. The predicted molar refractivity (Wildman–Crippen MR) is 99.2 cm³/mol. The van der Waals surface area contributed by atoms with Crippen molar-refractivity contribution in [2.45, 2.75) is 19.4 Å². The molecule has 0 bridgehead atoms. The van der Waals surface area contributed by atoms with E-state index >= 15 is 0 Å². The van der Waals surface area contributed by atoms with Gasteiger partial charge in [-0.1, -0.05) is 17.2 Å². The Morgan fingerprint density at radius 1 is 1.43 bits per heavy atom. The molecule has 1 atom stereocenters. The van der Waals surface area contributed by atoms with Gasteiger partial charge in [-0.05, 0) is 25.5 Å². The Morgan fingerprint density at radius 2 is 2.04 bits per heavy atom.